The van der Waals surface area contributed by atoms with Crippen LogP contribution < -0.4 is 4.90 Å². The van der Waals surface area contributed by atoms with Gasteiger partial charge in [-0.15, -0.1) is 6.58 Å². The number of para-hydroxylation sites is 1. The van der Waals surface area contributed by atoms with Crippen molar-refractivity contribution in [3.63, 3.8) is 0 Å². The number of aliphatic hydroxyl groups is 1. The molecular formula is C30H33ClN2O6. The van der Waals surface area contributed by atoms with Crippen molar-refractivity contribution in [2.75, 3.05) is 24.7 Å². The van der Waals surface area contributed by atoms with Crippen LogP contribution in [0.3, 0.4) is 0 Å². The Bertz CT molecular complexity index is 1290. The Labute approximate surface area is 233 Å². The van der Waals surface area contributed by atoms with E-state index in [1.165, 1.54) is 9.80 Å². The number of ether oxygens (including phenoxy) is 2. The second-order valence-corrected chi connectivity index (χ2v) is 10.9. The van der Waals surface area contributed by atoms with E-state index in [-0.39, 0.29) is 13.2 Å². The van der Waals surface area contributed by atoms with Crippen LogP contribution >= 0.6 is 11.6 Å². The van der Waals surface area contributed by atoms with E-state index < -0.39 is 59.5 Å². The quantitative estimate of drug-likeness (QED) is 0.374. The monoisotopic (exact) mass is 552 g/mol. The van der Waals surface area contributed by atoms with Gasteiger partial charge in [0.1, 0.15) is 17.6 Å². The van der Waals surface area contributed by atoms with E-state index in [9.17, 15) is 19.5 Å². The highest BCUT2D eigenvalue weighted by molar-refractivity contribution is 6.34. The van der Waals surface area contributed by atoms with Gasteiger partial charge in [-0.2, -0.15) is 0 Å². The minimum atomic E-state index is -1.27. The molecule has 2 aromatic rings. The lowest BCUT2D eigenvalue weighted by atomic mass is 9.66. The van der Waals surface area contributed by atoms with Crippen LogP contribution in [-0.2, 0) is 23.9 Å². The number of aliphatic hydroxyl groups excluding tert-OH is 1. The molecule has 3 saturated heterocycles. The largest absolute Gasteiger partial charge is 0.466 e. The Morgan fingerprint density at radius 3 is 2.56 bits per heavy atom. The van der Waals surface area contributed by atoms with Crippen LogP contribution in [-0.4, -0.2) is 64.8 Å². The van der Waals surface area contributed by atoms with Crippen LogP contribution in [0.25, 0.3) is 0 Å². The summed E-state index contributed by atoms with van der Waals surface area (Å²) < 4.78 is 12.1. The SMILES string of the molecule is C=CCN(C(=O)C1N([C@H](CO)c2ccccc2)C(=O)[C@@H]2[C@@H](C(=O)OCC)[C@@]3(C)CCC12O3)c1ccccc1Cl. The predicted octanol–water partition coefficient (Wildman–Crippen LogP) is 3.92. The maximum absolute atomic E-state index is 14.7. The second-order valence-electron chi connectivity index (χ2n) is 10.5. The van der Waals surface area contributed by atoms with Crippen molar-refractivity contribution < 1.29 is 29.0 Å². The first-order valence-electron chi connectivity index (χ1n) is 13.3. The molecular weight excluding hydrogens is 520 g/mol. The Hall–Kier alpha value is -3.20. The molecule has 3 heterocycles. The minimum Gasteiger partial charge on any atom is -0.466 e. The van der Waals surface area contributed by atoms with Crippen molar-refractivity contribution >= 4 is 35.1 Å². The van der Waals surface area contributed by atoms with Gasteiger partial charge in [-0.1, -0.05) is 60.1 Å². The number of hydrogen-bond acceptors (Lipinski definition) is 6. The lowest BCUT2D eigenvalue weighted by Gasteiger charge is -2.39. The summed E-state index contributed by atoms with van der Waals surface area (Å²) >= 11 is 6.52. The van der Waals surface area contributed by atoms with E-state index in [2.05, 4.69) is 6.58 Å². The molecule has 5 rings (SSSR count). The third kappa shape index (κ3) is 4.17. The standard InChI is InChI=1S/C30H33ClN2O6/c1-4-17-32(21-14-10-9-13-20(21)31)27(36)25-30-16-15-29(3,39-30)24(28(37)38-5-2)23(30)26(35)33(25)22(18-34)19-11-7-6-8-12-19/h4,6-14,22-25,34H,1,5,15-18H2,2-3H3/t22-,23+,24+,25?,29-,30?/m1/s1. The number of carbonyl (C=O) groups is 3. The molecule has 1 spiro atoms. The van der Waals surface area contributed by atoms with Crippen molar-refractivity contribution in [2.24, 2.45) is 11.8 Å². The zero-order chi connectivity index (χ0) is 27.9. The molecule has 2 aromatic carbocycles. The molecule has 3 aliphatic heterocycles. The highest BCUT2D eigenvalue weighted by Gasteiger charge is 2.79. The molecule has 2 unspecified atom stereocenters. The Balaban J connectivity index is 1.68. The second kappa shape index (κ2) is 10.4. The van der Waals surface area contributed by atoms with Crippen LogP contribution in [0.2, 0.25) is 5.02 Å². The topological polar surface area (TPSA) is 96.4 Å². The average molecular weight is 553 g/mol. The Morgan fingerprint density at radius 1 is 1.23 bits per heavy atom. The molecule has 9 heteroatoms. The number of esters is 1. The molecule has 206 valence electrons. The van der Waals surface area contributed by atoms with Crippen LogP contribution in [0.4, 0.5) is 5.69 Å². The summed E-state index contributed by atoms with van der Waals surface area (Å²) in [6, 6.07) is 14.1. The highest BCUT2D eigenvalue weighted by Crippen LogP contribution is 2.64. The number of rotatable bonds is 9. The predicted molar refractivity (Wildman–Crippen MR) is 146 cm³/mol. The zero-order valence-corrected chi connectivity index (χ0v) is 22.8. The van der Waals surface area contributed by atoms with Gasteiger partial charge >= 0.3 is 5.97 Å². The van der Waals surface area contributed by atoms with Gasteiger partial charge in [0.25, 0.3) is 5.91 Å². The van der Waals surface area contributed by atoms with E-state index in [0.29, 0.717) is 29.1 Å². The summed E-state index contributed by atoms with van der Waals surface area (Å²) in [5, 5.41) is 11.0. The molecule has 3 fully saturated rings. The van der Waals surface area contributed by atoms with Gasteiger partial charge in [0.05, 0.1) is 41.5 Å². The normalized spacial score (nSPS) is 29.7. The van der Waals surface area contributed by atoms with E-state index >= 15 is 0 Å². The molecule has 2 amide bonds. The van der Waals surface area contributed by atoms with Gasteiger partial charge in [-0.05, 0) is 44.4 Å². The number of amides is 2. The number of nitrogens with zero attached hydrogens (tertiary/aromatic N) is 2. The van der Waals surface area contributed by atoms with Gasteiger partial charge in [0.15, 0.2) is 0 Å². The summed E-state index contributed by atoms with van der Waals surface area (Å²) in [6.45, 7) is 7.23. The lowest BCUT2D eigenvalue weighted by molar-refractivity contribution is -0.160. The fourth-order valence-corrected chi connectivity index (χ4v) is 7.09. The van der Waals surface area contributed by atoms with Gasteiger partial charge in [0, 0.05) is 6.54 Å². The Kier molecular flexibility index (Phi) is 7.31. The fourth-order valence-electron chi connectivity index (χ4n) is 6.85. The van der Waals surface area contributed by atoms with Crippen molar-refractivity contribution in [2.45, 2.75) is 50.0 Å². The summed E-state index contributed by atoms with van der Waals surface area (Å²) in [4.78, 5) is 45.3. The third-order valence-electron chi connectivity index (χ3n) is 8.40. The molecule has 0 radical (unpaired) electrons. The molecule has 8 nitrogen and oxygen atoms in total. The highest BCUT2D eigenvalue weighted by atomic mass is 35.5. The van der Waals surface area contributed by atoms with Crippen molar-refractivity contribution in [3.8, 4) is 0 Å². The summed E-state index contributed by atoms with van der Waals surface area (Å²) in [7, 11) is 0. The maximum Gasteiger partial charge on any atom is 0.312 e. The van der Waals surface area contributed by atoms with Crippen molar-refractivity contribution in [3.05, 3.63) is 77.8 Å². The van der Waals surface area contributed by atoms with Gasteiger partial charge in [-0.3, -0.25) is 14.4 Å². The average Bonchev–Trinajstić information content (AvgIpc) is 3.50. The van der Waals surface area contributed by atoms with E-state index in [1.54, 1.807) is 49.4 Å². The van der Waals surface area contributed by atoms with E-state index in [4.69, 9.17) is 21.1 Å². The van der Waals surface area contributed by atoms with E-state index in [1.807, 2.05) is 25.1 Å². The Morgan fingerprint density at radius 2 is 1.92 bits per heavy atom. The summed E-state index contributed by atoms with van der Waals surface area (Å²) in [5.41, 5.74) is -1.09. The van der Waals surface area contributed by atoms with Gasteiger partial charge in [-0.25, -0.2) is 0 Å². The summed E-state index contributed by atoms with van der Waals surface area (Å²) in [5.74, 6) is -3.14. The molecule has 2 bridgehead atoms. The third-order valence-corrected chi connectivity index (χ3v) is 8.72. The van der Waals surface area contributed by atoms with Crippen LogP contribution in [0.15, 0.2) is 67.3 Å². The van der Waals surface area contributed by atoms with Crippen molar-refractivity contribution in [1.29, 1.82) is 0 Å². The molecule has 3 aliphatic rings. The minimum absolute atomic E-state index is 0.134. The first kappa shape index (κ1) is 27.4. The van der Waals surface area contributed by atoms with Crippen LogP contribution in [0.1, 0.15) is 38.3 Å². The van der Waals surface area contributed by atoms with E-state index in [0.717, 1.165) is 0 Å². The van der Waals surface area contributed by atoms with Crippen LogP contribution in [0.5, 0.6) is 0 Å². The first-order valence-corrected chi connectivity index (χ1v) is 13.6. The van der Waals surface area contributed by atoms with Gasteiger partial charge < -0.3 is 24.4 Å². The van der Waals surface area contributed by atoms with Crippen LogP contribution in [0, 0.1) is 11.8 Å². The number of halogens is 1. The first-order chi connectivity index (χ1) is 18.7. The zero-order valence-electron chi connectivity index (χ0n) is 22.1. The molecule has 0 saturated carbocycles. The molecule has 0 aliphatic carbocycles. The number of carbonyl (C=O) groups excluding carboxylic acids is 3. The van der Waals surface area contributed by atoms with Gasteiger partial charge in [0.2, 0.25) is 5.91 Å². The smallest absolute Gasteiger partial charge is 0.312 e. The summed E-state index contributed by atoms with van der Waals surface area (Å²) in [6.07, 6.45) is 2.48. The number of likely N-dealkylation sites (tertiary alicyclic amines) is 1. The number of hydrogen-bond donors (Lipinski definition) is 1. The number of anilines is 1. The molecule has 0 aromatic heterocycles. The molecule has 39 heavy (non-hydrogen) atoms. The number of benzene rings is 2. The lowest BCUT2D eigenvalue weighted by Crippen LogP contribution is -2.57. The molecule has 1 N–H and O–H groups in total. The number of fused-ring (bicyclic) bond motifs is 1. The fraction of sp³-hybridized carbons (Fsp3) is 0.433. The molecule has 6 atom stereocenters. The van der Waals surface area contributed by atoms with Crippen molar-refractivity contribution in [1.82, 2.24) is 4.90 Å². The maximum atomic E-state index is 14.7.